The fraction of sp³-hybridized carbons (Fsp3) is 0.600. The van der Waals surface area contributed by atoms with E-state index in [1.54, 1.807) is 0 Å². The molecule has 2 atom stereocenters. The van der Waals surface area contributed by atoms with E-state index in [9.17, 15) is 4.79 Å². The Bertz CT molecular complexity index is 491. The molecule has 2 aliphatic rings. The summed E-state index contributed by atoms with van der Waals surface area (Å²) in [5.74, 6) is 1.39. The van der Waals surface area contributed by atoms with Gasteiger partial charge in [-0.05, 0) is 25.5 Å². The van der Waals surface area contributed by atoms with Crippen molar-refractivity contribution in [2.75, 3.05) is 24.5 Å². The SMILES string of the molecule is CCNCc1cccnc1N1CCCC2C(=O)NCC21. The number of carbonyl (C=O) groups is 1. The maximum atomic E-state index is 11.9. The van der Waals surface area contributed by atoms with Gasteiger partial charge >= 0.3 is 0 Å². The molecule has 2 aliphatic heterocycles. The molecule has 2 N–H and O–H groups in total. The fourth-order valence-electron chi connectivity index (χ4n) is 3.30. The number of rotatable bonds is 4. The van der Waals surface area contributed by atoms with Crippen molar-refractivity contribution in [2.24, 2.45) is 5.92 Å². The van der Waals surface area contributed by atoms with E-state index in [0.29, 0.717) is 0 Å². The number of piperidine rings is 1. The third kappa shape index (κ3) is 2.38. The Balaban J connectivity index is 1.86. The van der Waals surface area contributed by atoms with Gasteiger partial charge < -0.3 is 15.5 Å². The Morgan fingerprint density at radius 2 is 2.45 bits per heavy atom. The second-order valence-corrected chi connectivity index (χ2v) is 5.52. The van der Waals surface area contributed by atoms with Gasteiger partial charge in [0.15, 0.2) is 0 Å². The number of pyridine rings is 1. The number of carbonyl (C=O) groups excluding carboxylic acids is 1. The quantitative estimate of drug-likeness (QED) is 0.857. The van der Waals surface area contributed by atoms with Crippen LogP contribution in [-0.4, -0.2) is 36.6 Å². The Morgan fingerprint density at radius 1 is 1.55 bits per heavy atom. The molecule has 3 heterocycles. The summed E-state index contributed by atoms with van der Waals surface area (Å²) >= 11 is 0. The van der Waals surface area contributed by atoms with Crippen molar-refractivity contribution < 1.29 is 4.79 Å². The van der Waals surface area contributed by atoms with Gasteiger partial charge in [0, 0.05) is 31.4 Å². The highest BCUT2D eigenvalue weighted by molar-refractivity contribution is 5.83. The molecule has 1 aromatic rings. The summed E-state index contributed by atoms with van der Waals surface area (Å²) in [6.07, 6.45) is 3.91. The molecular weight excluding hydrogens is 252 g/mol. The molecule has 2 saturated heterocycles. The predicted molar refractivity (Wildman–Crippen MR) is 78.5 cm³/mol. The Hall–Kier alpha value is -1.62. The Kier molecular flexibility index (Phi) is 3.87. The van der Waals surface area contributed by atoms with Gasteiger partial charge in [-0.2, -0.15) is 0 Å². The molecule has 2 fully saturated rings. The summed E-state index contributed by atoms with van der Waals surface area (Å²) in [6, 6.07) is 4.38. The lowest BCUT2D eigenvalue weighted by atomic mass is 9.91. The van der Waals surface area contributed by atoms with Gasteiger partial charge in [-0.25, -0.2) is 4.98 Å². The van der Waals surface area contributed by atoms with Crippen LogP contribution in [0.1, 0.15) is 25.3 Å². The minimum atomic E-state index is 0.137. The van der Waals surface area contributed by atoms with Crippen molar-refractivity contribution in [2.45, 2.75) is 32.4 Å². The predicted octanol–water partition coefficient (Wildman–Crippen LogP) is 0.906. The van der Waals surface area contributed by atoms with Gasteiger partial charge in [-0.1, -0.05) is 13.0 Å². The minimum absolute atomic E-state index is 0.137. The second kappa shape index (κ2) is 5.79. The summed E-state index contributed by atoms with van der Waals surface area (Å²) in [5, 5.41) is 6.36. The van der Waals surface area contributed by atoms with E-state index in [4.69, 9.17) is 0 Å². The van der Waals surface area contributed by atoms with E-state index in [1.807, 2.05) is 12.3 Å². The first-order chi connectivity index (χ1) is 9.81. The van der Waals surface area contributed by atoms with Crippen LogP contribution in [-0.2, 0) is 11.3 Å². The lowest BCUT2D eigenvalue weighted by molar-refractivity contribution is -0.122. The number of nitrogens with one attached hydrogen (secondary N) is 2. The molecule has 1 amide bonds. The molecule has 1 aromatic heterocycles. The number of nitrogens with zero attached hydrogens (tertiary/aromatic N) is 2. The van der Waals surface area contributed by atoms with Crippen molar-refractivity contribution >= 4 is 11.7 Å². The highest BCUT2D eigenvalue weighted by Gasteiger charge is 2.41. The Labute approximate surface area is 119 Å². The first-order valence-electron chi connectivity index (χ1n) is 7.50. The molecule has 0 aromatic carbocycles. The maximum absolute atomic E-state index is 11.9. The van der Waals surface area contributed by atoms with Crippen LogP contribution in [0.3, 0.4) is 0 Å². The zero-order valence-corrected chi connectivity index (χ0v) is 11.9. The first-order valence-corrected chi connectivity index (χ1v) is 7.50. The number of hydrogen-bond donors (Lipinski definition) is 2. The number of amides is 1. The van der Waals surface area contributed by atoms with Gasteiger partial charge in [-0.3, -0.25) is 4.79 Å². The summed E-state index contributed by atoms with van der Waals surface area (Å²) in [6.45, 7) is 5.62. The lowest BCUT2D eigenvalue weighted by Gasteiger charge is -2.37. The van der Waals surface area contributed by atoms with Crippen LogP contribution >= 0.6 is 0 Å². The average Bonchev–Trinajstić information content (AvgIpc) is 2.87. The third-order valence-corrected chi connectivity index (χ3v) is 4.31. The first kappa shape index (κ1) is 13.4. The van der Waals surface area contributed by atoms with E-state index in [0.717, 1.165) is 44.8 Å². The molecule has 0 saturated carbocycles. The number of anilines is 1. The zero-order chi connectivity index (χ0) is 13.9. The van der Waals surface area contributed by atoms with Gasteiger partial charge in [0.25, 0.3) is 0 Å². The monoisotopic (exact) mass is 274 g/mol. The van der Waals surface area contributed by atoms with Crippen molar-refractivity contribution in [3.63, 3.8) is 0 Å². The van der Waals surface area contributed by atoms with Crippen LogP contribution < -0.4 is 15.5 Å². The highest BCUT2D eigenvalue weighted by atomic mass is 16.2. The van der Waals surface area contributed by atoms with Crippen LogP contribution in [0.15, 0.2) is 18.3 Å². The van der Waals surface area contributed by atoms with Crippen LogP contribution in [0.4, 0.5) is 5.82 Å². The third-order valence-electron chi connectivity index (χ3n) is 4.31. The molecule has 0 aliphatic carbocycles. The van der Waals surface area contributed by atoms with E-state index in [1.165, 1.54) is 5.56 Å². The number of aromatic nitrogens is 1. The van der Waals surface area contributed by atoms with E-state index in [-0.39, 0.29) is 17.9 Å². The fourth-order valence-corrected chi connectivity index (χ4v) is 3.30. The standard InChI is InChI=1S/C15H22N4O/c1-2-16-9-11-5-3-7-17-14(11)19-8-4-6-12-13(19)10-18-15(12)20/h3,5,7,12-13,16H,2,4,6,8-10H2,1H3,(H,18,20). The minimum Gasteiger partial charge on any atom is -0.354 e. The summed E-state index contributed by atoms with van der Waals surface area (Å²) in [7, 11) is 0. The summed E-state index contributed by atoms with van der Waals surface area (Å²) < 4.78 is 0. The van der Waals surface area contributed by atoms with Gasteiger partial charge in [0.05, 0.1) is 12.0 Å². The molecule has 20 heavy (non-hydrogen) atoms. The van der Waals surface area contributed by atoms with Crippen LogP contribution in [0, 0.1) is 5.92 Å². The number of hydrogen-bond acceptors (Lipinski definition) is 4. The molecule has 0 spiro atoms. The molecule has 5 nitrogen and oxygen atoms in total. The van der Waals surface area contributed by atoms with Crippen molar-refractivity contribution in [1.29, 1.82) is 0 Å². The van der Waals surface area contributed by atoms with Crippen LogP contribution in [0.5, 0.6) is 0 Å². The second-order valence-electron chi connectivity index (χ2n) is 5.52. The summed E-state index contributed by atoms with van der Waals surface area (Å²) in [4.78, 5) is 18.8. The average molecular weight is 274 g/mol. The lowest BCUT2D eigenvalue weighted by Crippen LogP contribution is -2.46. The molecule has 0 radical (unpaired) electrons. The van der Waals surface area contributed by atoms with Crippen LogP contribution in [0.2, 0.25) is 0 Å². The van der Waals surface area contributed by atoms with Crippen molar-refractivity contribution in [1.82, 2.24) is 15.6 Å². The Morgan fingerprint density at radius 3 is 3.30 bits per heavy atom. The zero-order valence-electron chi connectivity index (χ0n) is 11.9. The maximum Gasteiger partial charge on any atom is 0.225 e. The normalized spacial score (nSPS) is 25.4. The van der Waals surface area contributed by atoms with E-state index in [2.05, 4.69) is 33.5 Å². The molecule has 3 rings (SSSR count). The van der Waals surface area contributed by atoms with Gasteiger partial charge in [0.2, 0.25) is 5.91 Å². The topological polar surface area (TPSA) is 57.3 Å². The molecule has 0 bridgehead atoms. The van der Waals surface area contributed by atoms with Gasteiger partial charge in [-0.15, -0.1) is 0 Å². The van der Waals surface area contributed by atoms with E-state index >= 15 is 0 Å². The summed E-state index contributed by atoms with van der Waals surface area (Å²) in [5.41, 5.74) is 1.22. The van der Waals surface area contributed by atoms with Gasteiger partial charge in [0.1, 0.15) is 5.82 Å². The van der Waals surface area contributed by atoms with Crippen LogP contribution in [0.25, 0.3) is 0 Å². The molecule has 108 valence electrons. The van der Waals surface area contributed by atoms with E-state index < -0.39 is 0 Å². The molecule has 2 unspecified atom stereocenters. The number of fused-ring (bicyclic) bond motifs is 1. The highest BCUT2D eigenvalue weighted by Crippen LogP contribution is 2.32. The smallest absolute Gasteiger partial charge is 0.225 e. The largest absolute Gasteiger partial charge is 0.354 e. The molecular formula is C15H22N4O. The van der Waals surface area contributed by atoms with Crippen molar-refractivity contribution in [3.8, 4) is 0 Å². The molecule has 5 heteroatoms. The van der Waals surface area contributed by atoms with Crippen molar-refractivity contribution in [3.05, 3.63) is 23.9 Å².